The smallest absolute Gasteiger partial charge is 0.00464 e. The fraction of sp³-hybridized carbons (Fsp3) is 0.786. The average molecular weight is 363 g/mol. The van der Waals surface area contributed by atoms with E-state index in [1.807, 2.05) is 32.7 Å². The minimum absolute atomic E-state index is 1.06. The van der Waals surface area contributed by atoms with Crippen LogP contribution in [0.3, 0.4) is 0 Å². The molecule has 0 N–H and O–H groups in total. The largest absolute Gasteiger partial charge is 0.0496 e. The second kappa shape index (κ2) is 2.95. The van der Waals surface area contributed by atoms with Crippen LogP contribution in [0, 0.1) is 93.3 Å². The molecule has 0 bridgehead atoms. The molecule has 18 atom stereocenters. The lowest BCUT2D eigenvalue weighted by atomic mass is 9.09. The lowest BCUT2D eigenvalue weighted by molar-refractivity contribution is -0.470. The van der Waals surface area contributed by atoms with E-state index in [0.29, 0.717) is 0 Å². The van der Waals surface area contributed by atoms with E-state index < -0.39 is 0 Å². The molecule has 0 aromatic carbocycles. The molecule has 138 valence electrons. The zero-order valence-corrected chi connectivity index (χ0v) is 16.2. The van der Waals surface area contributed by atoms with Gasteiger partial charge in [-0.3, -0.25) is 0 Å². The molecule has 0 saturated heterocycles. The molecule has 13 aliphatic rings. The summed E-state index contributed by atoms with van der Waals surface area (Å²) in [5.74, 6) is 22.0. The minimum Gasteiger partial charge on any atom is -0.0496 e. The van der Waals surface area contributed by atoms with Gasteiger partial charge in [0, 0.05) is 0 Å². The van der Waals surface area contributed by atoms with Crippen molar-refractivity contribution < 1.29 is 0 Å². The van der Waals surface area contributed by atoms with Crippen LogP contribution in [-0.4, -0.2) is 0 Å². The molecular formula is C28H26. The minimum atomic E-state index is 1.06. The zero-order chi connectivity index (χ0) is 16.7. The highest BCUT2D eigenvalue weighted by molar-refractivity contribution is 5.72. The lowest BCUT2D eigenvalue weighted by Gasteiger charge is -2.95. The van der Waals surface area contributed by atoms with Crippen molar-refractivity contribution in [2.75, 3.05) is 0 Å². The van der Waals surface area contributed by atoms with Crippen LogP contribution < -0.4 is 0 Å². The first-order valence-electron chi connectivity index (χ1n) is 13.2. The molecule has 0 amide bonds. The molecule has 13 rings (SSSR count). The van der Waals surface area contributed by atoms with Gasteiger partial charge in [-0.05, 0) is 165 Å². The highest BCUT2D eigenvalue weighted by Crippen LogP contribution is 2.96. The molecule has 9 saturated carbocycles. The van der Waals surface area contributed by atoms with Crippen molar-refractivity contribution in [1.82, 2.24) is 0 Å². The Bertz CT molecular complexity index is 1170. The van der Waals surface area contributed by atoms with E-state index in [9.17, 15) is 0 Å². The molecule has 0 spiro atoms. The van der Waals surface area contributed by atoms with Gasteiger partial charge in [0.05, 0.1) is 0 Å². The van der Waals surface area contributed by atoms with Crippen molar-refractivity contribution in [3.8, 4) is 0 Å². The van der Waals surface area contributed by atoms with Gasteiger partial charge in [-0.2, -0.15) is 0 Å². The van der Waals surface area contributed by atoms with E-state index in [-0.39, 0.29) is 0 Å². The van der Waals surface area contributed by atoms with Crippen LogP contribution in [0.2, 0.25) is 0 Å². The molecule has 0 nitrogen and oxygen atoms in total. The molecule has 0 aromatic rings. The summed E-state index contributed by atoms with van der Waals surface area (Å²) in [5.41, 5.74) is 7.85. The van der Waals surface area contributed by atoms with Gasteiger partial charge in [-0.25, -0.2) is 0 Å². The monoisotopic (exact) mass is 362 g/mol. The van der Waals surface area contributed by atoms with E-state index in [4.69, 9.17) is 0 Å². The topological polar surface area (TPSA) is 0 Å². The summed E-state index contributed by atoms with van der Waals surface area (Å²) in [6, 6.07) is 0. The van der Waals surface area contributed by atoms with Gasteiger partial charge < -0.3 is 0 Å². The Morgan fingerprint density at radius 2 is 0.750 bits per heavy atom. The van der Waals surface area contributed by atoms with Gasteiger partial charge in [0.2, 0.25) is 0 Å². The number of benzene rings is 1. The fourth-order valence-corrected chi connectivity index (χ4v) is 14.7. The van der Waals surface area contributed by atoms with E-state index >= 15 is 0 Å². The van der Waals surface area contributed by atoms with E-state index in [0.717, 1.165) is 23.7 Å². The quantitative estimate of drug-likeness (QED) is 0.459. The van der Waals surface area contributed by atoms with Gasteiger partial charge in [0.1, 0.15) is 0 Å². The normalized spacial score (nSPS) is 76.7. The maximum atomic E-state index is 2.00. The summed E-state index contributed by atoms with van der Waals surface area (Å²) in [6.07, 6.45) is 6.34. The number of hydrogen-bond donors (Lipinski definition) is 0. The number of fused-ring (bicyclic) bond motifs is 33. The van der Waals surface area contributed by atoms with Crippen LogP contribution in [0.1, 0.15) is 71.6 Å². The van der Waals surface area contributed by atoms with Crippen molar-refractivity contribution in [2.24, 2.45) is 82.9 Å². The summed E-state index contributed by atoms with van der Waals surface area (Å²) in [6.45, 7) is 0. The molecule has 28 heavy (non-hydrogen) atoms. The van der Waals surface area contributed by atoms with Gasteiger partial charge in [0.15, 0.2) is 0 Å². The summed E-state index contributed by atoms with van der Waals surface area (Å²) in [7, 11) is 0. The van der Waals surface area contributed by atoms with Crippen molar-refractivity contribution in [3.05, 3.63) is 32.7 Å². The zero-order valence-electron chi connectivity index (χ0n) is 16.2. The first-order valence-corrected chi connectivity index (χ1v) is 13.2. The van der Waals surface area contributed by atoms with E-state index in [2.05, 4.69) is 0 Å². The van der Waals surface area contributed by atoms with Crippen LogP contribution in [0.5, 0.6) is 0 Å². The Hall–Kier alpha value is -0.780. The van der Waals surface area contributed by atoms with Gasteiger partial charge >= 0.3 is 0 Å². The Labute approximate surface area is 165 Å². The molecule has 13 aliphatic carbocycles. The van der Waals surface area contributed by atoms with Crippen molar-refractivity contribution in [2.45, 2.75) is 49.4 Å². The molecule has 0 aromatic heterocycles. The summed E-state index contributed by atoms with van der Waals surface area (Å²) in [5, 5.41) is 3.82. The Balaban J connectivity index is 0.901. The summed E-state index contributed by atoms with van der Waals surface area (Å²) < 4.78 is 0. The fourth-order valence-electron chi connectivity index (χ4n) is 14.7. The van der Waals surface area contributed by atoms with Crippen LogP contribution in [0.4, 0.5) is 0 Å². The Morgan fingerprint density at radius 3 is 1.14 bits per heavy atom. The maximum Gasteiger partial charge on any atom is -0.00464 e. The van der Waals surface area contributed by atoms with Gasteiger partial charge in [0.25, 0.3) is 0 Å². The number of hydrogen-bond acceptors (Lipinski definition) is 0. The maximum absolute atomic E-state index is 2.00. The average Bonchev–Trinajstić information content (AvgIpc) is 2.60. The Morgan fingerprint density at radius 1 is 0.357 bits per heavy atom. The third-order valence-electron chi connectivity index (χ3n) is 15.3. The predicted octanol–water partition coefficient (Wildman–Crippen LogP) is 4.96. The molecule has 0 aliphatic heterocycles. The molecule has 0 heteroatoms. The molecule has 0 radical (unpaired) electrons. The van der Waals surface area contributed by atoms with Crippen molar-refractivity contribution in [3.63, 3.8) is 0 Å². The van der Waals surface area contributed by atoms with Gasteiger partial charge in [-0.15, -0.1) is 0 Å². The highest BCUT2D eigenvalue weighted by atomic mass is 14.9. The SMILES string of the molecule is C1CC2c3c(c4c5c(c3=4)C3C5C4C3C3C4C4C5C6C7C8CCC8C7C6C5C34)C12. The third kappa shape index (κ3) is 0.702. The predicted molar refractivity (Wildman–Crippen MR) is 102 cm³/mol. The van der Waals surface area contributed by atoms with Gasteiger partial charge in [-0.1, -0.05) is 0 Å². The first-order chi connectivity index (χ1) is 14.0. The highest BCUT2D eigenvalue weighted by Gasteiger charge is 2.91. The van der Waals surface area contributed by atoms with Crippen LogP contribution in [0.25, 0.3) is 0 Å². The number of rotatable bonds is 0. The molecule has 0 heterocycles. The molecular weight excluding hydrogens is 336 g/mol. The van der Waals surface area contributed by atoms with Crippen LogP contribution in [-0.2, 0) is 0 Å². The lowest BCUT2D eigenvalue weighted by Crippen LogP contribution is -2.91. The summed E-state index contributed by atoms with van der Waals surface area (Å²) >= 11 is 0. The second-order valence-electron chi connectivity index (χ2n) is 14.1. The van der Waals surface area contributed by atoms with Crippen molar-refractivity contribution in [1.29, 1.82) is 0 Å². The Kier molecular flexibility index (Phi) is 1.28. The van der Waals surface area contributed by atoms with Crippen LogP contribution >= 0.6 is 0 Å². The second-order valence-corrected chi connectivity index (χ2v) is 14.1. The molecule has 9 fully saturated rings. The first kappa shape index (κ1) is 12.2. The van der Waals surface area contributed by atoms with Crippen LogP contribution in [0.15, 0.2) is 0 Å². The summed E-state index contributed by atoms with van der Waals surface area (Å²) in [4.78, 5) is 0. The van der Waals surface area contributed by atoms with E-state index in [1.54, 1.807) is 12.8 Å². The van der Waals surface area contributed by atoms with E-state index in [1.165, 1.54) is 95.7 Å². The molecule has 18 unspecified atom stereocenters. The standard InChI is InChI=1S/C28H26/c1-2-6-5(1)9-10(6)14-13(9)17-18(14)22-21(17)25-26(22)28-24-20-16-12-8-4-3-7(8)11(12)15(16)19(20)23(24)27(25)28/h5-10,13-14,17-18,21-28H,1-4H2. The third-order valence-corrected chi connectivity index (χ3v) is 15.3. The van der Waals surface area contributed by atoms with Crippen molar-refractivity contribution >= 4 is 0 Å².